The molecule has 0 saturated carbocycles. The minimum Gasteiger partial charge on any atom is -0.481 e. The largest absolute Gasteiger partial charge is 0.481 e. The Morgan fingerprint density at radius 3 is 1.91 bits per heavy atom. The Hall–Kier alpha value is -2.95. The summed E-state index contributed by atoms with van der Waals surface area (Å²) in [6.07, 6.45) is -1.15. The highest BCUT2D eigenvalue weighted by molar-refractivity contribution is 5.90. The number of carboxylic acids is 3. The lowest BCUT2D eigenvalue weighted by Crippen LogP contribution is -2.43. The van der Waals surface area contributed by atoms with Crippen LogP contribution in [0.2, 0.25) is 0 Å². The predicted octanol–water partition coefficient (Wildman–Crippen LogP) is -1.61. The van der Waals surface area contributed by atoms with E-state index in [9.17, 15) is 29.1 Å². The van der Waals surface area contributed by atoms with E-state index in [1.807, 2.05) is 0 Å². The molecule has 1 unspecified atom stereocenters. The molecule has 0 saturated heterocycles. The molecule has 0 aliphatic rings. The number of aliphatic hydroxyl groups is 1. The van der Waals surface area contributed by atoms with Gasteiger partial charge in [0.15, 0.2) is 5.60 Å². The molecule has 1 atom stereocenters. The van der Waals surface area contributed by atoms with Crippen LogP contribution in [0.15, 0.2) is 12.2 Å². The summed E-state index contributed by atoms with van der Waals surface area (Å²) in [6.45, 7) is -0.937. The molecule has 0 heterocycles. The number of hydrogen-bond donors (Lipinski definition) is 4. The molecule has 0 fully saturated rings. The Morgan fingerprint density at radius 1 is 0.870 bits per heavy atom. The zero-order valence-corrected chi connectivity index (χ0v) is 11.6. The number of rotatable bonds is 10. The first-order valence-corrected chi connectivity index (χ1v) is 5.98. The van der Waals surface area contributed by atoms with Crippen LogP contribution in [-0.4, -0.2) is 69.1 Å². The summed E-state index contributed by atoms with van der Waals surface area (Å²) >= 11 is 0. The Labute approximate surface area is 128 Å². The molecule has 0 aliphatic heterocycles. The number of aliphatic carboxylic acids is 3. The number of esters is 2. The maximum Gasteiger partial charge on any atom is 0.336 e. The van der Waals surface area contributed by atoms with Gasteiger partial charge in [0.25, 0.3) is 0 Å². The standard InChI is InChI=1S/C12H14O11/c13-7(14)1-2-9(17)22-3-4-23-10(18)6-12(21,11(19)20)5-8(15)16/h1-2,21H,3-6H2,(H,13,14)(H,15,16)(H,19,20)/b2-1-. The second kappa shape index (κ2) is 9.15. The molecule has 0 aromatic rings. The monoisotopic (exact) mass is 334 g/mol. The van der Waals surface area contributed by atoms with E-state index in [4.69, 9.17) is 15.3 Å². The third-order valence-corrected chi connectivity index (χ3v) is 2.23. The third kappa shape index (κ3) is 8.83. The van der Waals surface area contributed by atoms with Crippen molar-refractivity contribution in [3.8, 4) is 0 Å². The van der Waals surface area contributed by atoms with E-state index >= 15 is 0 Å². The number of carbonyl (C=O) groups is 5. The summed E-state index contributed by atoms with van der Waals surface area (Å²) in [5.41, 5.74) is -2.82. The average molecular weight is 334 g/mol. The van der Waals surface area contributed by atoms with Gasteiger partial charge in [0.05, 0.1) is 12.8 Å². The van der Waals surface area contributed by atoms with Gasteiger partial charge in [0, 0.05) is 12.2 Å². The lowest BCUT2D eigenvalue weighted by molar-refractivity contribution is -0.172. The zero-order chi connectivity index (χ0) is 18.0. The maximum atomic E-state index is 11.3. The summed E-state index contributed by atoms with van der Waals surface area (Å²) in [7, 11) is 0. The molecule has 0 spiro atoms. The summed E-state index contributed by atoms with van der Waals surface area (Å²) in [6, 6.07) is 0. The molecule has 0 bridgehead atoms. The fourth-order valence-corrected chi connectivity index (χ4v) is 1.24. The normalized spacial score (nSPS) is 13.1. The predicted molar refractivity (Wildman–Crippen MR) is 68.1 cm³/mol. The summed E-state index contributed by atoms with van der Waals surface area (Å²) in [5, 5.41) is 35.0. The highest BCUT2D eigenvalue weighted by atomic mass is 16.6. The minimum absolute atomic E-state index is 0.445. The molecule has 4 N–H and O–H groups in total. The fraction of sp³-hybridized carbons (Fsp3) is 0.417. The van der Waals surface area contributed by atoms with Crippen molar-refractivity contribution in [3.05, 3.63) is 12.2 Å². The van der Waals surface area contributed by atoms with Crippen molar-refractivity contribution < 1.29 is 53.9 Å². The number of ether oxygens (including phenoxy) is 2. The van der Waals surface area contributed by atoms with Crippen molar-refractivity contribution >= 4 is 29.8 Å². The van der Waals surface area contributed by atoms with Crippen LogP contribution in [0.5, 0.6) is 0 Å². The molecule has 23 heavy (non-hydrogen) atoms. The molecule has 0 aliphatic carbocycles. The maximum absolute atomic E-state index is 11.3. The van der Waals surface area contributed by atoms with Crippen LogP contribution in [-0.2, 0) is 33.4 Å². The van der Waals surface area contributed by atoms with E-state index in [0.29, 0.717) is 12.2 Å². The molecule has 11 heteroatoms. The summed E-state index contributed by atoms with van der Waals surface area (Å²) in [5.74, 6) is -7.10. The van der Waals surface area contributed by atoms with E-state index in [0.717, 1.165) is 0 Å². The van der Waals surface area contributed by atoms with Gasteiger partial charge in [-0.3, -0.25) is 9.59 Å². The first-order chi connectivity index (χ1) is 10.6. The van der Waals surface area contributed by atoms with Crippen molar-refractivity contribution in [1.82, 2.24) is 0 Å². The zero-order valence-electron chi connectivity index (χ0n) is 11.6. The fourth-order valence-electron chi connectivity index (χ4n) is 1.24. The lowest BCUT2D eigenvalue weighted by atomic mass is 9.96. The van der Waals surface area contributed by atoms with Crippen molar-refractivity contribution in [2.75, 3.05) is 13.2 Å². The van der Waals surface area contributed by atoms with Crippen LogP contribution in [0.25, 0.3) is 0 Å². The van der Waals surface area contributed by atoms with Gasteiger partial charge in [-0.1, -0.05) is 0 Å². The van der Waals surface area contributed by atoms with Crippen LogP contribution in [0.1, 0.15) is 12.8 Å². The Morgan fingerprint density at radius 2 is 1.43 bits per heavy atom. The first-order valence-electron chi connectivity index (χ1n) is 5.98. The van der Waals surface area contributed by atoms with Gasteiger partial charge < -0.3 is 29.9 Å². The number of carboxylic acid groups (broad SMARTS) is 3. The van der Waals surface area contributed by atoms with Gasteiger partial charge in [-0.25, -0.2) is 14.4 Å². The topological polar surface area (TPSA) is 185 Å². The van der Waals surface area contributed by atoms with Crippen LogP contribution in [0.4, 0.5) is 0 Å². The Balaban J connectivity index is 4.25. The molecule has 0 aromatic heterocycles. The van der Waals surface area contributed by atoms with Gasteiger partial charge in [-0.15, -0.1) is 0 Å². The van der Waals surface area contributed by atoms with Crippen molar-refractivity contribution in [3.63, 3.8) is 0 Å². The van der Waals surface area contributed by atoms with Gasteiger partial charge in [-0.05, 0) is 0 Å². The Bertz CT molecular complexity index is 521. The summed E-state index contributed by atoms with van der Waals surface area (Å²) < 4.78 is 8.92. The van der Waals surface area contributed by atoms with Crippen molar-refractivity contribution in [2.45, 2.75) is 18.4 Å². The smallest absolute Gasteiger partial charge is 0.336 e. The van der Waals surface area contributed by atoms with Crippen molar-refractivity contribution in [1.29, 1.82) is 0 Å². The van der Waals surface area contributed by atoms with Crippen LogP contribution in [0, 0.1) is 0 Å². The Kier molecular flexibility index (Phi) is 7.97. The van der Waals surface area contributed by atoms with Gasteiger partial charge in [-0.2, -0.15) is 0 Å². The van der Waals surface area contributed by atoms with Crippen LogP contribution < -0.4 is 0 Å². The molecular formula is C12H14O11. The highest BCUT2D eigenvalue weighted by Crippen LogP contribution is 2.16. The second-order valence-electron chi connectivity index (χ2n) is 4.14. The molecule has 0 radical (unpaired) electrons. The highest BCUT2D eigenvalue weighted by Gasteiger charge is 2.41. The van der Waals surface area contributed by atoms with Crippen LogP contribution in [0.3, 0.4) is 0 Å². The van der Waals surface area contributed by atoms with E-state index in [2.05, 4.69) is 9.47 Å². The quantitative estimate of drug-likeness (QED) is 0.205. The second-order valence-corrected chi connectivity index (χ2v) is 4.14. The van der Waals surface area contributed by atoms with E-state index in [1.54, 1.807) is 0 Å². The van der Waals surface area contributed by atoms with Crippen molar-refractivity contribution in [2.24, 2.45) is 0 Å². The molecule has 11 nitrogen and oxygen atoms in total. The first kappa shape index (κ1) is 20.1. The van der Waals surface area contributed by atoms with Gasteiger partial charge in [0.1, 0.15) is 13.2 Å². The number of carbonyl (C=O) groups excluding carboxylic acids is 2. The molecule has 128 valence electrons. The molecule has 0 amide bonds. The van der Waals surface area contributed by atoms with E-state index in [-0.39, 0.29) is 0 Å². The minimum atomic E-state index is -2.82. The molecular weight excluding hydrogens is 320 g/mol. The molecule has 0 aromatic carbocycles. The lowest BCUT2D eigenvalue weighted by Gasteiger charge is -2.20. The SMILES string of the molecule is O=C(O)/C=C\C(=O)OCCOC(=O)CC(O)(CC(=O)O)C(=O)O. The molecule has 0 rings (SSSR count). The third-order valence-electron chi connectivity index (χ3n) is 2.23. The number of hydrogen-bond acceptors (Lipinski definition) is 8. The van der Waals surface area contributed by atoms with E-state index < -0.39 is 61.5 Å². The van der Waals surface area contributed by atoms with Gasteiger partial charge in [0.2, 0.25) is 0 Å². The summed E-state index contributed by atoms with van der Waals surface area (Å²) in [4.78, 5) is 53.6. The van der Waals surface area contributed by atoms with E-state index in [1.165, 1.54) is 0 Å². The average Bonchev–Trinajstić information content (AvgIpc) is 2.40. The van der Waals surface area contributed by atoms with Crippen LogP contribution >= 0.6 is 0 Å². The van der Waals surface area contributed by atoms with Gasteiger partial charge >= 0.3 is 29.8 Å².